The van der Waals surface area contributed by atoms with Crippen LogP contribution in [0, 0.1) is 5.41 Å². The number of aliphatic hydroxyl groups is 1. The summed E-state index contributed by atoms with van der Waals surface area (Å²) in [7, 11) is -3.47. The molecule has 0 fully saturated rings. The highest BCUT2D eigenvalue weighted by Gasteiger charge is 2.26. The highest BCUT2D eigenvalue weighted by molar-refractivity contribution is 7.91. The number of hydrogen-bond acceptors (Lipinski definition) is 4. The Bertz CT molecular complexity index is 471. The molecule has 0 radical (unpaired) electrons. The predicted molar refractivity (Wildman–Crippen MR) is 69.5 cm³/mol. The summed E-state index contributed by atoms with van der Waals surface area (Å²) >= 11 is 1.09. The van der Waals surface area contributed by atoms with Gasteiger partial charge in [-0.25, -0.2) is 13.1 Å². The van der Waals surface area contributed by atoms with E-state index in [1.807, 2.05) is 27.7 Å². The van der Waals surface area contributed by atoms with Crippen molar-refractivity contribution in [3.63, 3.8) is 0 Å². The molecule has 0 aromatic carbocycles. The van der Waals surface area contributed by atoms with Gasteiger partial charge in [0, 0.05) is 10.9 Å². The van der Waals surface area contributed by atoms with E-state index in [4.69, 9.17) is 5.11 Å². The van der Waals surface area contributed by atoms with Gasteiger partial charge >= 0.3 is 0 Å². The summed E-state index contributed by atoms with van der Waals surface area (Å²) in [6.45, 7) is 7.66. The molecule has 4 nitrogen and oxygen atoms in total. The number of hydrogen-bond donors (Lipinski definition) is 2. The zero-order valence-corrected chi connectivity index (χ0v) is 12.2. The minimum absolute atomic E-state index is 0.130. The standard InChI is InChI=1S/C11H19NO3S2/c1-8(11(2,3)4)12-17(14,15)10-6-5-9(7-13)16-10/h5-6,8,12-13H,7H2,1-4H3. The predicted octanol–water partition coefficient (Wildman–Crippen LogP) is 1.95. The number of nitrogens with one attached hydrogen (secondary N) is 1. The van der Waals surface area contributed by atoms with Gasteiger partial charge in [0.15, 0.2) is 0 Å². The maximum atomic E-state index is 12.0. The van der Waals surface area contributed by atoms with Crippen molar-refractivity contribution in [1.82, 2.24) is 4.72 Å². The Kier molecular flexibility index (Phi) is 4.35. The number of aliphatic hydroxyl groups excluding tert-OH is 1. The second kappa shape index (κ2) is 5.06. The van der Waals surface area contributed by atoms with Gasteiger partial charge in [0.05, 0.1) is 6.61 Å². The molecule has 17 heavy (non-hydrogen) atoms. The van der Waals surface area contributed by atoms with Gasteiger partial charge in [-0.3, -0.25) is 0 Å². The van der Waals surface area contributed by atoms with Crippen LogP contribution in [-0.2, 0) is 16.6 Å². The summed E-state index contributed by atoms with van der Waals surface area (Å²) in [6.07, 6.45) is 0. The van der Waals surface area contributed by atoms with Gasteiger partial charge in [-0.1, -0.05) is 20.8 Å². The van der Waals surface area contributed by atoms with E-state index in [1.165, 1.54) is 6.07 Å². The van der Waals surface area contributed by atoms with Gasteiger partial charge in [-0.2, -0.15) is 0 Å². The second-order valence-corrected chi connectivity index (χ2v) is 8.20. The fraction of sp³-hybridized carbons (Fsp3) is 0.636. The van der Waals surface area contributed by atoms with E-state index in [-0.39, 0.29) is 22.3 Å². The third kappa shape index (κ3) is 3.77. The molecule has 0 spiro atoms. The average molecular weight is 277 g/mol. The molecule has 1 rings (SSSR count). The van der Waals surface area contributed by atoms with Crippen LogP contribution in [0.1, 0.15) is 32.6 Å². The van der Waals surface area contributed by atoms with E-state index in [2.05, 4.69) is 4.72 Å². The van der Waals surface area contributed by atoms with Crippen molar-refractivity contribution in [2.45, 2.75) is 44.6 Å². The lowest BCUT2D eigenvalue weighted by Crippen LogP contribution is -2.41. The Balaban J connectivity index is 2.89. The molecule has 1 aromatic rings. The van der Waals surface area contributed by atoms with Crippen LogP contribution in [0.25, 0.3) is 0 Å². The third-order valence-electron chi connectivity index (χ3n) is 2.69. The summed E-state index contributed by atoms with van der Waals surface area (Å²) < 4.78 is 27.0. The van der Waals surface area contributed by atoms with E-state index < -0.39 is 10.0 Å². The monoisotopic (exact) mass is 277 g/mol. The van der Waals surface area contributed by atoms with Crippen LogP contribution in [-0.4, -0.2) is 19.6 Å². The normalized spacial score (nSPS) is 14.9. The fourth-order valence-corrected chi connectivity index (χ4v) is 3.74. The van der Waals surface area contributed by atoms with Crippen LogP contribution in [0.15, 0.2) is 16.3 Å². The molecule has 0 amide bonds. The lowest BCUT2D eigenvalue weighted by molar-refractivity contribution is 0.285. The van der Waals surface area contributed by atoms with Crippen molar-refractivity contribution in [3.05, 3.63) is 17.0 Å². The van der Waals surface area contributed by atoms with Crippen molar-refractivity contribution in [2.75, 3.05) is 0 Å². The Morgan fingerprint density at radius 3 is 2.41 bits per heavy atom. The molecule has 0 saturated carbocycles. The quantitative estimate of drug-likeness (QED) is 0.884. The van der Waals surface area contributed by atoms with Crippen LogP contribution >= 0.6 is 11.3 Å². The summed E-state index contributed by atoms with van der Waals surface area (Å²) in [5, 5.41) is 8.92. The van der Waals surface area contributed by atoms with Crippen molar-refractivity contribution in [3.8, 4) is 0 Å². The van der Waals surface area contributed by atoms with Crippen molar-refractivity contribution in [1.29, 1.82) is 0 Å². The second-order valence-electron chi connectivity index (χ2n) is 5.09. The van der Waals surface area contributed by atoms with Gasteiger partial charge in [0.1, 0.15) is 4.21 Å². The Morgan fingerprint density at radius 1 is 1.41 bits per heavy atom. The summed E-state index contributed by atoms with van der Waals surface area (Å²) in [6, 6.07) is 2.99. The van der Waals surface area contributed by atoms with E-state index in [1.54, 1.807) is 6.07 Å². The smallest absolute Gasteiger partial charge is 0.250 e. The molecular weight excluding hydrogens is 258 g/mol. The molecule has 0 bridgehead atoms. The molecule has 6 heteroatoms. The minimum atomic E-state index is -3.47. The SMILES string of the molecule is CC(NS(=O)(=O)c1ccc(CO)s1)C(C)(C)C. The highest BCUT2D eigenvalue weighted by Crippen LogP contribution is 2.24. The molecule has 1 unspecified atom stereocenters. The molecular formula is C11H19NO3S2. The molecule has 1 aromatic heterocycles. The van der Waals surface area contributed by atoms with Crippen LogP contribution in [0.3, 0.4) is 0 Å². The topological polar surface area (TPSA) is 66.4 Å². The molecule has 98 valence electrons. The Labute approximate surface area is 107 Å². The van der Waals surface area contributed by atoms with Crippen molar-refractivity contribution >= 4 is 21.4 Å². The molecule has 0 aliphatic heterocycles. The van der Waals surface area contributed by atoms with Gasteiger partial charge in [0.25, 0.3) is 0 Å². The van der Waals surface area contributed by atoms with Crippen LogP contribution in [0.2, 0.25) is 0 Å². The molecule has 0 saturated heterocycles. The highest BCUT2D eigenvalue weighted by atomic mass is 32.2. The first-order chi connectivity index (χ1) is 7.66. The average Bonchev–Trinajstić information content (AvgIpc) is 2.64. The Hall–Kier alpha value is -0.430. The van der Waals surface area contributed by atoms with Gasteiger partial charge in [-0.05, 0) is 24.5 Å². The van der Waals surface area contributed by atoms with Gasteiger partial charge in [0.2, 0.25) is 10.0 Å². The van der Waals surface area contributed by atoms with Crippen molar-refractivity contribution in [2.24, 2.45) is 5.41 Å². The molecule has 2 N–H and O–H groups in total. The van der Waals surface area contributed by atoms with E-state index in [9.17, 15) is 8.42 Å². The molecule has 1 atom stereocenters. The molecule has 1 heterocycles. The number of sulfonamides is 1. The third-order valence-corrected chi connectivity index (χ3v) is 5.79. The first-order valence-corrected chi connectivity index (χ1v) is 7.68. The fourth-order valence-electron chi connectivity index (χ4n) is 1.06. The molecule has 0 aliphatic rings. The summed E-state index contributed by atoms with van der Waals surface area (Å²) in [4.78, 5) is 0.647. The maximum absolute atomic E-state index is 12.0. The zero-order valence-electron chi connectivity index (χ0n) is 10.5. The van der Waals surface area contributed by atoms with Crippen LogP contribution in [0.4, 0.5) is 0 Å². The zero-order chi connectivity index (χ0) is 13.3. The first-order valence-electron chi connectivity index (χ1n) is 5.38. The van der Waals surface area contributed by atoms with Crippen LogP contribution in [0.5, 0.6) is 0 Å². The van der Waals surface area contributed by atoms with Gasteiger partial charge < -0.3 is 5.11 Å². The number of rotatable bonds is 4. The van der Waals surface area contributed by atoms with Crippen LogP contribution < -0.4 is 4.72 Å². The lowest BCUT2D eigenvalue weighted by Gasteiger charge is -2.27. The molecule has 0 aliphatic carbocycles. The summed E-state index contributed by atoms with van der Waals surface area (Å²) in [5.74, 6) is 0. The summed E-state index contributed by atoms with van der Waals surface area (Å²) in [5.41, 5.74) is -0.135. The number of thiophene rings is 1. The largest absolute Gasteiger partial charge is 0.391 e. The van der Waals surface area contributed by atoms with Gasteiger partial charge in [-0.15, -0.1) is 11.3 Å². The van der Waals surface area contributed by atoms with E-state index in [0.29, 0.717) is 4.88 Å². The minimum Gasteiger partial charge on any atom is -0.391 e. The van der Waals surface area contributed by atoms with E-state index >= 15 is 0 Å². The first kappa shape index (κ1) is 14.6. The van der Waals surface area contributed by atoms with Crippen molar-refractivity contribution < 1.29 is 13.5 Å². The Morgan fingerprint density at radius 2 is 2.00 bits per heavy atom. The maximum Gasteiger partial charge on any atom is 0.250 e. The lowest BCUT2D eigenvalue weighted by atomic mass is 9.89. The van der Waals surface area contributed by atoms with E-state index in [0.717, 1.165) is 11.3 Å².